The molecular weight excluding hydrogens is 463 g/mol. The lowest BCUT2D eigenvalue weighted by Crippen LogP contribution is -2.14. The van der Waals surface area contributed by atoms with Crippen LogP contribution in [0.1, 0.15) is 11.1 Å². The van der Waals surface area contributed by atoms with Crippen LogP contribution in [0.15, 0.2) is 71.9 Å². The maximum atomic E-state index is 12.5. The van der Waals surface area contributed by atoms with Gasteiger partial charge in [-0.2, -0.15) is 0 Å². The molecule has 0 saturated heterocycles. The summed E-state index contributed by atoms with van der Waals surface area (Å²) in [6, 6.07) is 21.2. The van der Waals surface area contributed by atoms with Crippen molar-refractivity contribution in [2.75, 3.05) is 11.1 Å². The number of nitrogens with one attached hydrogen (secondary N) is 1. The van der Waals surface area contributed by atoms with E-state index in [2.05, 4.69) is 21.6 Å². The molecule has 0 aliphatic carbocycles. The number of amides is 1. The highest BCUT2D eigenvalue weighted by atomic mass is 35.5. The summed E-state index contributed by atoms with van der Waals surface area (Å²) in [4.78, 5) is 12.5. The molecule has 1 N–H and O–H groups in total. The van der Waals surface area contributed by atoms with Crippen molar-refractivity contribution in [3.63, 3.8) is 0 Å². The number of carbonyl (C=O) groups excluding carboxylic acids is 1. The number of aromatic nitrogens is 3. The number of hydrogen-bond acceptors (Lipinski definition) is 4. The lowest BCUT2D eigenvalue weighted by Gasteiger charge is -2.11. The van der Waals surface area contributed by atoms with Crippen LogP contribution in [0.4, 0.5) is 5.69 Å². The summed E-state index contributed by atoms with van der Waals surface area (Å²) in [7, 11) is 0. The second-order valence-electron chi connectivity index (χ2n) is 7.34. The van der Waals surface area contributed by atoms with Gasteiger partial charge in [0.25, 0.3) is 0 Å². The van der Waals surface area contributed by atoms with Gasteiger partial charge in [0, 0.05) is 27.0 Å². The van der Waals surface area contributed by atoms with Crippen molar-refractivity contribution in [1.82, 2.24) is 14.8 Å². The van der Waals surface area contributed by atoms with E-state index in [1.165, 1.54) is 11.8 Å². The monoisotopic (exact) mass is 482 g/mol. The third-order valence-electron chi connectivity index (χ3n) is 4.68. The lowest BCUT2D eigenvalue weighted by atomic mass is 10.1. The first-order valence-corrected chi connectivity index (χ1v) is 11.6. The maximum absolute atomic E-state index is 12.5. The first-order chi connectivity index (χ1) is 15.4. The van der Waals surface area contributed by atoms with E-state index in [0.717, 1.165) is 28.2 Å². The van der Waals surface area contributed by atoms with Gasteiger partial charge < -0.3 is 5.32 Å². The van der Waals surface area contributed by atoms with Gasteiger partial charge in [-0.05, 0) is 50.2 Å². The minimum atomic E-state index is -0.191. The van der Waals surface area contributed by atoms with Crippen LogP contribution in [0.25, 0.3) is 17.1 Å². The number of carbonyl (C=O) groups is 1. The number of thioether (sulfide) groups is 1. The molecule has 3 aromatic carbocycles. The van der Waals surface area contributed by atoms with E-state index in [1.807, 2.05) is 60.9 Å². The van der Waals surface area contributed by atoms with E-state index in [0.29, 0.717) is 20.9 Å². The molecule has 0 spiro atoms. The Labute approximate surface area is 200 Å². The van der Waals surface area contributed by atoms with Gasteiger partial charge in [-0.25, -0.2) is 0 Å². The quantitative estimate of drug-likeness (QED) is 0.315. The third kappa shape index (κ3) is 5.33. The predicted octanol–water partition coefficient (Wildman–Crippen LogP) is 6.59. The fourth-order valence-electron chi connectivity index (χ4n) is 3.21. The molecule has 0 bridgehead atoms. The molecule has 32 heavy (non-hydrogen) atoms. The summed E-state index contributed by atoms with van der Waals surface area (Å²) in [5, 5.41) is 13.2. The number of nitrogens with zero attached hydrogens (tertiary/aromatic N) is 3. The SMILES string of the molecule is Cc1ccc(-n2c(SCC(=O)Nc3cc(Cl)cc(Cl)c3)nnc2-c2cccc(C)c2)cc1. The second-order valence-corrected chi connectivity index (χ2v) is 9.16. The smallest absolute Gasteiger partial charge is 0.234 e. The van der Waals surface area contributed by atoms with E-state index in [1.54, 1.807) is 18.2 Å². The standard InChI is InChI=1S/C24H20Cl2N4OS/c1-15-6-8-21(9-7-15)30-23(17-5-3-4-16(2)10-17)28-29-24(30)32-14-22(31)27-20-12-18(25)11-19(26)13-20/h3-13H,14H2,1-2H3,(H,27,31). The Morgan fingerprint density at radius 1 is 0.938 bits per heavy atom. The Hall–Kier alpha value is -2.80. The Bertz CT molecular complexity index is 1250. The number of rotatable bonds is 6. The molecule has 1 aromatic heterocycles. The molecule has 0 radical (unpaired) electrons. The third-order valence-corrected chi connectivity index (χ3v) is 6.05. The Kier molecular flexibility index (Phi) is 6.84. The van der Waals surface area contributed by atoms with Crippen LogP contribution < -0.4 is 5.32 Å². The van der Waals surface area contributed by atoms with Gasteiger partial charge in [-0.3, -0.25) is 9.36 Å². The predicted molar refractivity (Wildman–Crippen MR) is 132 cm³/mol. The van der Waals surface area contributed by atoms with E-state index in [4.69, 9.17) is 23.2 Å². The molecule has 0 aliphatic rings. The highest BCUT2D eigenvalue weighted by molar-refractivity contribution is 7.99. The van der Waals surface area contributed by atoms with Crippen molar-refractivity contribution >= 4 is 46.6 Å². The first kappa shape index (κ1) is 22.4. The molecule has 0 saturated carbocycles. The number of aryl methyl sites for hydroxylation is 2. The van der Waals surface area contributed by atoms with Gasteiger partial charge in [-0.15, -0.1) is 10.2 Å². The van der Waals surface area contributed by atoms with Gasteiger partial charge in [0.2, 0.25) is 5.91 Å². The van der Waals surface area contributed by atoms with Crippen LogP contribution in [0, 0.1) is 13.8 Å². The van der Waals surface area contributed by atoms with Gasteiger partial charge in [-0.1, -0.05) is 76.4 Å². The summed E-state index contributed by atoms with van der Waals surface area (Å²) < 4.78 is 1.97. The molecule has 1 amide bonds. The average Bonchev–Trinajstić information content (AvgIpc) is 3.16. The number of halogens is 2. The molecule has 0 fully saturated rings. The van der Waals surface area contributed by atoms with Crippen LogP contribution in [0.3, 0.4) is 0 Å². The van der Waals surface area contributed by atoms with Crippen LogP contribution in [-0.4, -0.2) is 26.4 Å². The first-order valence-electron chi connectivity index (χ1n) is 9.87. The molecule has 8 heteroatoms. The fraction of sp³-hybridized carbons (Fsp3) is 0.125. The number of hydrogen-bond donors (Lipinski definition) is 1. The highest BCUT2D eigenvalue weighted by Gasteiger charge is 2.17. The number of benzene rings is 3. The van der Waals surface area contributed by atoms with Crippen LogP contribution >= 0.6 is 35.0 Å². The summed E-state index contributed by atoms with van der Waals surface area (Å²) in [6.45, 7) is 4.08. The highest BCUT2D eigenvalue weighted by Crippen LogP contribution is 2.29. The van der Waals surface area contributed by atoms with E-state index >= 15 is 0 Å². The van der Waals surface area contributed by atoms with Crippen molar-refractivity contribution in [2.24, 2.45) is 0 Å². The molecule has 1 heterocycles. The molecule has 0 atom stereocenters. The zero-order valence-corrected chi connectivity index (χ0v) is 19.8. The van der Waals surface area contributed by atoms with Crippen molar-refractivity contribution in [2.45, 2.75) is 19.0 Å². The largest absolute Gasteiger partial charge is 0.325 e. The average molecular weight is 483 g/mol. The molecular formula is C24H20Cl2N4OS. The zero-order chi connectivity index (χ0) is 22.7. The normalized spacial score (nSPS) is 10.9. The van der Waals surface area contributed by atoms with Crippen LogP contribution in [0.2, 0.25) is 10.0 Å². The summed E-state index contributed by atoms with van der Waals surface area (Å²) in [5.41, 5.74) is 4.74. The zero-order valence-electron chi connectivity index (χ0n) is 17.5. The van der Waals surface area contributed by atoms with Crippen molar-refractivity contribution in [3.05, 3.63) is 87.9 Å². The molecule has 0 unspecified atom stereocenters. The van der Waals surface area contributed by atoms with Gasteiger partial charge in [0.1, 0.15) is 0 Å². The van der Waals surface area contributed by atoms with E-state index in [9.17, 15) is 4.79 Å². The van der Waals surface area contributed by atoms with Crippen molar-refractivity contribution in [3.8, 4) is 17.1 Å². The molecule has 162 valence electrons. The van der Waals surface area contributed by atoms with Crippen molar-refractivity contribution < 1.29 is 4.79 Å². The topological polar surface area (TPSA) is 59.8 Å². The summed E-state index contributed by atoms with van der Waals surface area (Å²) >= 11 is 13.3. The minimum Gasteiger partial charge on any atom is -0.325 e. The van der Waals surface area contributed by atoms with E-state index in [-0.39, 0.29) is 11.7 Å². The summed E-state index contributed by atoms with van der Waals surface area (Å²) in [5.74, 6) is 0.688. The van der Waals surface area contributed by atoms with Crippen LogP contribution in [-0.2, 0) is 4.79 Å². The van der Waals surface area contributed by atoms with Crippen molar-refractivity contribution in [1.29, 1.82) is 0 Å². The molecule has 4 rings (SSSR count). The molecule has 4 aromatic rings. The second kappa shape index (κ2) is 9.77. The molecule has 5 nitrogen and oxygen atoms in total. The number of anilines is 1. The van der Waals surface area contributed by atoms with E-state index < -0.39 is 0 Å². The van der Waals surface area contributed by atoms with Gasteiger partial charge in [0.15, 0.2) is 11.0 Å². The van der Waals surface area contributed by atoms with Gasteiger partial charge >= 0.3 is 0 Å². The summed E-state index contributed by atoms with van der Waals surface area (Å²) in [6.07, 6.45) is 0. The fourth-order valence-corrected chi connectivity index (χ4v) is 4.49. The Balaban J connectivity index is 1.60. The van der Waals surface area contributed by atoms with Crippen LogP contribution in [0.5, 0.6) is 0 Å². The molecule has 0 aliphatic heterocycles. The maximum Gasteiger partial charge on any atom is 0.234 e. The van der Waals surface area contributed by atoms with Gasteiger partial charge in [0.05, 0.1) is 5.75 Å². The Morgan fingerprint density at radius 2 is 1.66 bits per heavy atom. The lowest BCUT2D eigenvalue weighted by molar-refractivity contribution is -0.113. The minimum absolute atomic E-state index is 0.155. The Morgan fingerprint density at radius 3 is 2.34 bits per heavy atom.